The van der Waals surface area contributed by atoms with E-state index in [1.807, 2.05) is 0 Å². The molecule has 0 aromatic carbocycles. The summed E-state index contributed by atoms with van der Waals surface area (Å²) in [5.74, 6) is 0.542. The molecule has 11 heavy (non-hydrogen) atoms. The molecule has 0 spiro atoms. The molecule has 0 amide bonds. The molecule has 0 aromatic heterocycles. The Labute approximate surface area is 70.7 Å². The van der Waals surface area contributed by atoms with Crippen LogP contribution < -0.4 is 5.73 Å². The zero-order chi connectivity index (χ0) is 8.85. The minimum atomic E-state index is 0.331. The summed E-state index contributed by atoms with van der Waals surface area (Å²) in [7, 11) is 0. The highest BCUT2D eigenvalue weighted by atomic mass is 14.6. The van der Waals surface area contributed by atoms with Crippen LogP contribution in [0.25, 0.3) is 0 Å². The molecule has 0 aliphatic rings. The van der Waals surface area contributed by atoms with Crippen LogP contribution in [-0.4, -0.2) is 6.04 Å². The van der Waals surface area contributed by atoms with Gasteiger partial charge in [-0.1, -0.05) is 32.4 Å². The van der Waals surface area contributed by atoms with Crippen molar-refractivity contribution >= 4 is 0 Å². The fourth-order valence-electron chi connectivity index (χ4n) is 1.20. The van der Waals surface area contributed by atoms with Crippen molar-refractivity contribution in [2.24, 2.45) is 11.7 Å². The highest BCUT2D eigenvalue weighted by molar-refractivity contribution is 5.04. The third kappa shape index (κ3) is 3.57. The van der Waals surface area contributed by atoms with Crippen LogP contribution in [0.1, 0.15) is 40.5 Å². The quantitative estimate of drug-likeness (QED) is 0.621. The maximum Gasteiger partial charge on any atom is 0.00992 e. The predicted molar refractivity (Wildman–Crippen MR) is 51.5 cm³/mol. The molecule has 2 N–H and O–H groups in total. The fourth-order valence-corrected chi connectivity index (χ4v) is 1.20. The van der Waals surface area contributed by atoms with Crippen molar-refractivity contribution < 1.29 is 0 Å². The van der Waals surface area contributed by atoms with Gasteiger partial charge in [0.1, 0.15) is 0 Å². The average molecular weight is 155 g/mol. The topological polar surface area (TPSA) is 26.0 Å². The van der Waals surface area contributed by atoms with Gasteiger partial charge in [-0.25, -0.2) is 0 Å². The standard InChI is InChI=1S/C10H21N/c1-5-7-8(3)9(4)10(11)6-2/h7,9-10H,5-6,11H2,1-4H3/b8-7-. The molecule has 2 atom stereocenters. The average Bonchev–Trinajstić information content (AvgIpc) is 2.02. The molecule has 0 radical (unpaired) electrons. The smallest absolute Gasteiger partial charge is 0.00992 e. The molecule has 0 rings (SSSR count). The Morgan fingerprint density at radius 2 is 2.00 bits per heavy atom. The van der Waals surface area contributed by atoms with Crippen molar-refractivity contribution in [2.75, 3.05) is 0 Å². The summed E-state index contributed by atoms with van der Waals surface area (Å²) in [5.41, 5.74) is 7.34. The molecular formula is C10H21N. The van der Waals surface area contributed by atoms with E-state index in [4.69, 9.17) is 5.73 Å². The van der Waals surface area contributed by atoms with Crippen molar-refractivity contribution in [3.8, 4) is 0 Å². The Balaban J connectivity index is 4.00. The van der Waals surface area contributed by atoms with Crippen molar-refractivity contribution in [3.63, 3.8) is 0 Å². The molecule has 2 unspecified atom stereocenters. The predicted octanol–water partition coefficient (Wildman–Crippen LogP) is 2.72. The van der Waals surface area contributed by atoms with E-state index >= 15 is 0 Å². The van der Waals surface area contributed by atoms with Crippen LogP contribution in [0.5, 0.6) is 0 Å². The second-order valence-corrected chi connectivity index (χ2v) is 3.22. The van der Waals surface area contributed by atoms with Gasteiger partial charge in [-0.05, 0) is 25.7 Å². The first-order chi connectivity index (χ1) is 5.13. The summed E-state index contributed by atoms with van der Waals surface area (Å²) >= 11 is 0. The van der Waals surface area contributed by atoms with Crippen molar-refractivity contribution in [3.05, 3.63) is 11.6 Å². The van der Waals surface area contributed by atoms with Crippen LogP contribution in [0.15, 0.2) is 11.6 Å². The zero-order valence-corrected chi connectivity index (χ0v) is 8.22. The lowest BCUT2D eigenvalue weighted by Gasteiger charge is -2.18. The van der Waals surface area contributed by atoms with E-state index < -0.39 is 0 Å². The van der Waals surface area contributed by atoms with Crippen molar-refractivity contribution in [1.82, 2.24) is 0 Å². The van der Waals surface area contributed by atoms with Crippen LogP contribution in [-0.2, 0) is 0 Å². The van der Waals surface area contributed by atoms with Gasteiger partial charge in [-0.2, -0.15) is 0 Å². The summed E-state index contributed by atoms with van der Waals surface area (Å²) in [6.45, 7) is 8.67. The lowest BCUT2D eigenvalue weighted by molar-refractivity contribution is 0.500. The maximum absolute atomic E-state index is 5.91. The number of hydrogen-bond donors (Lipinski definition) is 1. The van der Waals surface area contributed by atoms with E-state index in [1.165, 1.54) is 5.57 Å². The largest absolute Gasteiger partial charge is 0.327 e. The minimum absolute atomic E-state index is 0.331. The molecule has 66 valence electrons. The Morgan fingerprint density at radius 1 is 1.45 bits per heavy atom. The number of nitrogens with two attached hydrogens (primary N) is 1. The lowest BCUT2D eigenvalue weighted by Crippen LogP contribution is -2.27. The van der Waals surface area contributed by atoms with Crippen LogP contribution in [0.2, 0.25) is 0 Å². The summed E-state index contributed by atoms with van der Waals surface area (Å²) in [6.07, 6.45) is 4.45. The molecule has 0 heterocycles. The normalized spacial score (nSPS) is 18.1. The van der Waals surface area contributed by atoms with Gasteiger partial charge in [0, 0.05) is 6.04 Å². The van der Waals surface area contributed by atoms with Crippen molar-refractivity contribution in [1.29, 1.82) is 0 Å². The van der Waals surface area contributed by atoms with Crippen LogP contribution >= 0.6 is 0 Å². The van der Waals surface area contributed by atoms with E-state index in [9.17, 15) is 0 Å². The van der Waals surface area contributed by atoms with Gasteiger partial charge in [-0.3, -0.25) is 0 Å². The van der Waals surface area contributed by atoms with Gasteiger partial charge in [0.25, 0.3) is 0 Å². The molecule has 0 saturated heterocycles. The highest BCUT2D eigenvalue weighted by Gasteiger charge is 2.10. The summed E-state index contributed by atoms with van der Waals surface area (Å²) < 4.78 is 0. The van der Waals surface area contributed by atoms with Crippen LogP contribution in [0.4, 0.5) is 0 Å². The van der Waals surface area contributed by atoms with E-state index in [0.29, 0.717) is 12.0 Å². The molecule has 1 heteroatoms. The van der Waals surface area contributed by atoms with Crippen LogP contribution in [0, 0.1) is 5.92 Å². The van der Waals surface area contributed by atoms with Crippen molar-refractivity contribution in [2.45, 2.75) is 46.6 Å². The zero-order valence-electron chi connectivity index (χ0n) is 8.22. The highest BCUT2D eigenvalue weighted by Crippen LogP contribution is 2.15. The summed E-state index contributed by atoms with van der Waals surface area (Å²) in [6, 6.07) is 0.331. The monoisotopic (exact) mass is 155 g/mol. The molecule has 0 bridgehead atoms. The van der Waals surface area contributed by atoms with Crippen LogP contribution in [0.3, 0.4) is 0 Å². The third-order valence-corrected chi connectivity index (χ3v) is 2.36. The Kier molecular flexibility index (Phi) is 5.22. The van der Waals surface area contributed by atoms with Gasteiger partial charge in [0.15, 0.2) is 0 Å². The second kappa shape index (κ2) is 5.36. The van der Waals surface area contributed by atoms with E-state index in [0.717, 1.165) is 12.8 Å². The Morgan fingerprint density at radius 3 is 2.36 bits per heavy atom. The molecule has 0 saturated carbocycles. The summed E-state index contributed by atoms with van der Waals surface area (Å²) in [4.78, 5) is 0. The SMILES string of the molecule is CC/C=C(/C)C(C)C(N)CC. The fraction of sp³-hybridized carbons (Fsp3) is 0.800. The third-order valence-electron chi connectivity index (χ3n) is 2.36. The molecule has 1 nitrogen and oxygen atoms in total. The second-order valence-electron chi connectivity index (χ2n) is 3.22. The van der Waals surface area contributed by atoms with E-state index in [1.54, 1.807) is 0 Å². The molecule has 0 fully saturated rings. The summed E-state index contributed by atoms with van der Waals surface area (Å²) in [5, 5.41) is 0. The number of hydrogen-bond acceptors (Lipinski definition) is 1. The van der Waals surface area contributed by atoms with Gasteiger partial charge in [-0.15, -0.1) is 0 Å². The number of rotatable bonds is 4. The molecule has 0 aliphatic heterocycles. The number of allylic oxidation sites excluding steroid dienone is 1. The first-order valence-electron chi connectivity index (χ1n) is 4.55. The van der Waals surface area contributed by atoms with E-state index in [-0.39, 0.29) is 0 Å². The Bertz CT molecular complexity index is 127. The lowest BCUT2D eigenvalue weighted by atomic mass is 9.92. The maximum atomic E-state index is 5.91. The Hall–Kier alpha value is -0.300. The van der Waals surface area contributed by atoms with E-state index in [2.05, 4.69) is 33.8 Å². The van der Waals surface area contributed by atoms with Gasteiger partial charge in [0.05, 0.1) is 0 Å². The molecular weight excluding hydrogens is 134 g/mol. The van der Waals surface area contributed by atoms with Gasteiger partial charge >= 0.3 is 0 Å². The van der Waals surface area contributed by atoms with Gasteiger partial charge < -0.3 is 5.73 Å². The first kappa shape index (κ1) is 10.7. The molecule has 0 aromatic rings. The minimum Gasteiger partial charge on any atom is -0.327 e. The van der Waals surface area contributed by atoms with Gasteiger partial charge in [0.2, 0.25) is 0 Å². The molecule has 0 aliphatic carbocycles. The first-order valence-corrected chi connectivity index (χ1v) is 4.55.